The predicted octanol–water partition coefficient (Wildman–Crippen LogP) is 0.147. The quantitative estimate of drug-likeness (QED) is 0.819. The molecule has 1 aliphatic rings. The summed E-state index contributed by atoms with van der Waals surface area (Å²) < 4.78 is 20.8. The molecule has 2 aromatic rings. The second-order valence-corrected chi connectivity index (χ2v) is 6.13. The van der Waals surface area contributed by atoms with Gasteiger partial charge in [0.2, 0.25) is 0 Å². The van der Waals surface area contributed by atoms with Crippen molar-refractivity contribution >= 4 is 0 Å². The number of halogens is 1. The molecule has 0 aliphatic carbocycles. The van der Waals surface area contributed by atoms with Crippen molar-refractivity contribution in [3.05, 3.63) is 68.2 Å². The zero-order valence-electron chi connectivity index (χ0n) is 13.6. The van der Waals surface area contributed by atoms with Gasteiger partial charge >= 0.3 is 5.69 Å². The van der Waals surface area contributed by atoms with E-state index in [0.717, 1.165) is 4.57 Å². The van der Waals surface area contributed by atoms with Crippen LogP contribution in [0.1, 0.15) is 23.8 Å². The van der Waals surface area contributed by atoms with Gasteiger partial charge in [-0.05, 0) is 24.6 Å². The van der Waals surface area contributed by atoms with E-state index in [9.17, 15) is 24.2 Å². The van der Waals surface area contributed by atoms with Crippen LogP contribution >= 0.6 is 0 Å². The summed E-state index contributed by atoms with van der Waals surface area (Å²) in [4.78, 5) is 25.1. The van der Waals surface area contributed by atoms with Crippen molar-refractivity contribution in [3.8, 4) is 0 Å². The highest BCUT2D eigenvalue weighted by Crippen LogP contribution is 2.27. The number of aliphatic hydroxyl groups excluding tert-OH is 2. The molecule has 1 aliphatic heterocycles. The lowest BCUT2D eigenvalue weighted by Crippen LogP contribution is -2.42. The van der Waals surface area contributed by atoms with Crippen LogP contribution in [0.25, 0.3) is 0 Å². The Morgan fingerprint density at radius 2 is 1.96 bits per heavy atom. The van der Waals surface area contributed by atoms with Crippen molar-refractivity contribution in [2.45, 2.75) is 38.3 Å². The van der Waals surface area contributed by atoms with E-state index in [0.29, 0.717) is 11.1 Å². The van der Waals surface area contributed by atoms with Gasteiger partial charge in [0.05, 0.1) is 19.3 Å². The van der Waals surface area contributed by atoms with Gasteiger partial charge in [-0.15, -0.1) is 0 Å². The van der Waals surface area contributed by atoms with Crippen LogP contribution < -0.4 is 11.2 Å². The molecule has 2 N–H and O–H groups in total. The Morgan fingerprint density at radius 3 is 2.56 bits per heavy atom. The number of benzene rings is 1. The molecule has 1 aromatic carbocycles. The van der Waals surface area contributed by atoms with E-state index in [1.54, 1.807) is 6.92 Å². The summed E-state index contributed by atoms with van der Waals surface area (Å²) in [7, 11) is 0. The first-order valence-corrected chi connectivity index (χ1v) is 7.92. The molecule has 3 atom stereocenters. The Balaban J connectivity index is 1.99. The molecule has 1 aromatic heterocycles. The van der Waals surface area contributed by atoms with E-state index in [2.05, 4.69) is 0 Å². The normalized spacial score (nSPS) is 23.1. The van der Waals surface area contributed by atoms with Gasteiger partial charge in [-0.25, -0.2) is 9.18 Å². The smallest absolute Gasteiger partial charge is 0.333 e. The monoisotopic (exact) mass is 350 g/mol. The fraction of sp³-hybridized carbons (Fsp3) is 0.412. The minimum atomic E-state index is -0.889. The highest BCUT2D eigenvalue weighted by Gasteiger charge is 2.35. The summed E-state index contributed by atoms with van der Waals surface area (Å²) in [6, 6.07) is 5.53. The number of aryl methyl sites for hydroxylation is 1. The first-order valence-electron chi connectivity index (χ1n) is 7.92. The van der Waals surface area contributed by atoms with E-state index >= 15 is 0 Å². The number of hydrogen-bond acceptors (Lipinski definition) is 5. The van der Waals surface area contributed by atoms with Crippen LogP contribution in [0.4, 0.5) is 4.39 Å². The van der Waals surface area contributed by atoms with Crippen molar-refractivity contribution in [1.82, 2.24) is 9.13 Å². The maximum absolute atomic E-state index is 13.0. The molecule has 134 valence electrons. The number of hydrogen-bond donors (Lipinski definition) is 2. The second-order valence-electron chi connectivity index (χ2n) is 6.13. The van der Waals surface area contributed by atoms with Gasteiger partial charge in [0, 0.05) is 18.2 Å². The zero-order valence-corrected chi connectivity index (χ0v) is 13.6. The average Bonchev–Trinajstić information content (AvgIpc) is 2.97. The highest BCUT2D eigenvalue weighted by molar-refractivity contribution is 5.17. The third-order valence-corrected chi connectivity index (χ3v) is 4.32. The molecule has 0 amide bonds. The Kier molecular flexibility index (Phi) is 4.85. The first kappa shape index (κ1) is 17.5. The number of aliphatic hydroxyl groups is 2. The molecule has 1 fully saturated rings. The molecule has 25 heavy (non-hydrogen) atoms. The van der Waals surface area contributed by atoms with E-state index in [1.807, 2.05) is 0 Å². The molecule has 0 radical (unpaired) electrons. The number of nitrogens with zero attached hydrogens (tertiary/aromatic N) is 2. The topological polar surface area (TPSA) is 93.7 Å². The van der Waals surface area contributed by atoms with Gasteiger partial charge in [-0.2, -0.15) is 0 Å². The molecule has 0 spiro atoms. The lowest BCUT2D eigenvalue weighted by molar-refractivity contribution is -0.0463. The maximum atomic E-state index is 13.0. The van der Waals surface area contributed by atoms with E-state index in [4.69, 9.17) is 4.74 Å². The van der Waals surface area contributed by atoms with Crippen molar-refractivity contribution < 1.29 is 19.3 Å². The number of rotatable bonds is 4. The van der Waals surface area contributed by atoms with Crippen molar-refractivity contribution in [2.24, 2.45) is 0 Å². The molecular formula is C17H19FN2O5. The summed E-state index contributed by atoms with van der Waals surface area (Å²) in [5.41, 5.74) is -0.0795. The Morgan fingerprint density at radius 1 is 1.28 bits per heavy atom. The van der Waals surface area contributed by atoms with Crippen LogP contribution in [-0.4, -0.2) is 38.2 Å². The number of ether oxygens (including phenoxy) is 1. The second kappa shape index (κ2) is 6.91. The van der Waals surface area contributed by atoms with Gasteiger partial charge < -0.3 is 14.9 Å². The fourth-order valence-corrected chi connectivity index (χ4v) is 2.93. The first-order chi connectivity index (χ1) is 11.9. The third-order valence-electron chi connectivity index (χ3n) is 4.32. The standard InChI is InChI=1S/C17H19FN2O5/c1-10-7-19(15-6-13(22)14(9-21)25-15)17(24)20(16(10)23)8-11-2-4-12(18)5-3-11/h2-5,7,13-15,21-22H,6,8-9H2,1H3/t13-,14+,15+/m0/s1. The Bertz CT molecular complexity index is 874. The number of aromatic nitrogens is 2. The maximum Gasteiger partial charge on any atom is 0.333 e. The van der Waals surface area contributed by atoms with Crippen molar-refractivity contribution in [3.63, 3.8) is 0 Å². The minimum absolute atomic E-state index is 0.00166. The van der Waals surface area contributed by atoms with Crippen molar-refractivity contribution in [2.75, 3.05) is 6.61 Å². The van der Waals surface area contributed by atoms with E-state index in [1.165, 1.54) is 35.0 Å². The van der Waals surface area contributed by atoms with E-state index < -0.39 is 35.5 Å². The van der Waals surface area contributed by atoms with Crippen molar-refractivity contribution in [1.29, 1.82) is 0 Å². The molecular weight excluding hydrogens is 331 g/mol. The van der Waals surface area contributed by atoms with Crippen LogP contribution in [0.5, 0.6) is 0 Å². The average molecular weight is 350 g/mol. The molecule has 8 heteroatoms. The van der Waals surface area contributed by atoms with Gasteiger partial charge in [0.25, 0.3) is 5.56 Å². The van der Waals surface area contributed by atoms with Gasteiger partial charge in [-0.1, -0.05) is 12.1 Å². The largest absolute Gasteiger partial charge is 0.394 e. The lowest BCUT2D eigenvalue weighted by Gasteiger charge is -2.17. The zero-order chi connectivity index (χ0) is 18.1. The van der Waals surface area contributed by atoms with E-state index in [-0.39, 0.29) is 19.6 Å². The van der Waals surface area contributed by atoms with Crippen LogP contribution in [0.15, 0.2) is 40.1 Å². The van der Waals surface area contributed by atoms with Gasteiger partial charge in [-0.3, -0.25) is 13.9 Å². The third kappa shape index (κ3) is 3.41. The van der Waals surface area contributed by atoms with Gasteiger partial charge in [0.15, 0.2) is 0 Å². The summed E-state index contributed by atoms with van der Waals surface area (Å²) in [6.07, 6.45) is -0.893. The van der Waals surface area contributed by atoms with Crippen LogP contribution in [-0.2, 0) is 11.3 Å². The molecule has 1 saturated heterocycles. The Hall–Kier alpha value is -2.29. The van der Waals surface area contributed by atoms with Crippen LogP contribution in [0.3, 0.4) is 0 Å². The molecule has 2 heterocycles. The molecule has 3 rings (SSSR count). The minimum Gasteiger partial charge on any atom is -0.394 e. The summed E-state index contributed by atoms with van der Waals surface area (Å²) in [6.45, 7) is 1.22. The highest BCUT2D eigenvalue weighted by atomic mass is 19.1. The molecule has 0 saturated carbocycles. The SMILES string of the molecule is Cc1cn([C@H]2C[C@H](O)[C@@H](CO)O2)c(=O)n(Cc2ccc(F)cc2)c1=O. The predicted molar refractivity (Wildman–Crippen MR) is 86.8 cm³/mol. The van der Waals surface area contributed by atoms with Gasteiger partial charge in [0.1, 0.15) is 18.1 Å². The van der Waals surface area contributed by atoms with Crippen LogP contribution in [0, 0.1) is 12.7 Å². The summed E-state index contributed by atoms with van der Waals surface area (Å²) in [5.74, 6) is -0.402. The lowest BCUT2D eigenvalue weighted by atomic mass is 10.2. The molecule has 0 bridgehead atoms. The molecule has 7 nitrogen and oxygen atoms in total. The van der Waals surface area contributed by atoms with Crippen LogP contribution in [0.2, 0.25) is 0 Å². The Labute approximate surface area is 142 Å². The fourth-order valence-electron chi connectivity index (χ4n) is 2.93. The summed E-state index contributed by atoms with van der Waals surface area (Å²) >= 11 is 0. The molecule has 0 unspecified atom stereocenters. The summed E-state index contributed by atoms with van der Waals surface area (Å²) in [5, 5.41) is 19.0.